The predicted molar refractivity (Wildman–Crippen MR) is 64.9 cm³/mol. The normalized spacial score (nSPS) is 12.1. The van der Waals surface area contributed by atoms with Gasteiger partial charge in [0.2, 0.25) is 0 Å². The lowest BCUT2D eigenvalue weighted by Gasteiger charge is -2.08. The van der Waals surface area contributed by atoms with E-state index in [0.29, 0.717) is 18.9 Å². The minimum absolute atomic E-state index is 0.0934. The summed E-state index contributed by atoms with van der Waals surface area (Å²) in [5, 5.41) is 0. The lowest BCUT2D eigenvalue weighted by Crippen LogP contribution is -2.06. The Hall–Kier alpha value is -1.31. The van der Waals surface area contributed by atoms with Crippen molar-refractivity contribution in [3.8, 4) is 0 Å². The fourth-order valence-electron chi connectivity index (χ4n) is 1.38. The smallest absolute Gasteiger partial charge is 0.306 e. The summed E-state index contributed by atoms with van der Waals surface area (Å²) in [6, 6.07) is 9.77. The molecule has 0 fully saturated rings. The van der Waals surface area contributed by atoms with Crippen molar-refractivity contribution < 1.29 is 9.53 Å². The van der Waals surface area contributed by atoms with E-state index in [-0.39, 0.29) is 5.97 Å². The standard InChI is InChI=1S/C14H20O2/c1-3-12(2)9-10-14(15)16-11-13-7-5-4-6-8-13/h4-8,12H,3,9-11H2,1-2H3. The van der Waals surface area contributed by atoms with Crippen LogP contribution in [-0.2, 0) is 16.1 Å². The summed E-state index contributed by atoms with van der Waals surface area (Å²) in [6.45, 7) is 4.69. The summed E-state index contributed by atoms with van der Waals surface area (Å²) in [5.74, 6) is 0.508. The highest BCUT2D eigenvalue weighted by molar-refractivity contribution is 5.69. The molecule has 1 atom stereocenters. The maximum atomic E-state index is 11.4. The van der Waals surface area contributed by atoms with E-state index in [4.69, 9.17) is 4.74 Å². The summed E-state index contributed by atoms with van der Waals surface area (Å²) in [7, 11) is 0. The largest absolute Gasteiger partial charge is 0.461 e. The van der Waals surface area contributed by atoms with Gasteiger partial charge in [0.15, 0.2) is 0 Å². The van der Waals surface area contributed by atoms with Crippen molar-refractivity contribution in [1.82, 2.24) is 0 Å². The van der Waals surface area contributed by atoms with Gasteiger partial charge in [-0.2, -0.15) is 0 Å². The Bertz CT molecular complexity index is 306. The Morgan fingerprint density at radius 2 is 2.00 bits per heavy atom. The van der Waals surface area contributed by atoms with Crippen LogP contribution in [-0.4, -0.2) is 5.97 Å². The van der Waals surface area contributed by atoms with Gasteiger partial charge in [0.25, 0.3) is 0 Å². The number of rotatable bonds is 6. The van der Waals surface area contributed by atoms with Gasteiger partial charge >= 0.3 is 5.97 Å². The second kappa shape index (κ2) is 7.04. The van der Waals surface area contributed by atoms with Crippen molar-refractivity contribution in [3.05, 3.63) is 35.9 Å². The zero-order chi connectivity index (χ0) is 11.8. The monoisotopic (exact) mass is 220 g/mol. The fraction of sp³-hybridized carbons (Fsp3) is 0.500. The number of benzene rings is 1. The molecule has 1 aromatic carbocycles. The molecule has 0 aliphatic rings. The molecule has 16 heavy (non-hydrogen) atoms. The summed E-state index contributed by atoms with van der Waals surface area (Å²) in [6.07, 6.45) is 2.57. The molecule has 0 heterocycles. The zero-order valence-corrected chi connectivity index (χ0v) is 10.1. The van der Waals surface area contributed by atoms with Gasteiger partial charge in [-0.1, -0.05) is 50.6 Å². The minimum Gasteiger partial charge on any atom is -0.461 e. The maximum absolute atomic E-state index is 11.4. The average molecular weight is 220 g/mol. The van der Waals surface area contributed by atoms with Crippen LogP contribution in [0.25, 0.3) is 0 Å². The van der Waals surface area contributed by atoms with Gasteiger partial charge < -0.3 is 4.74 Å². The molecule has 1 unspecified atom stereocenters. The van der Waals surface area contributed by atoms with E-state index >= 15 is 0 Å². The molecule has 1 rings (SSSR count). The highest BCUT2D eigenvalue weighted by Gasteiger charge is 2.06. The van der Waals surface area contributed by atoms with Crippen molar-refractivity contribution in [2.75, 3.05) is 0 Å². The van der Waals surface area contributed by atoms with Gasteiger partial charge in [0.05, 0.1) is 0 Å². The molecule has 2 nitrogen and oxygen atoms in total. The highest BCUT2D eigenvalue weighted by Crippen LogP contribution is 2.10. The third-order valence-corrected chi connectivity index (χ3v) is 2.78. The van der Waals surface area contributed by atoms with Crippen molar-refractivity contribution in [1.29, 1.82) is 0 Å². The van der Waals surface area contributed by atoms with E-state index in [1.165, 1.54) is 0 Å². The molecule has 0 bridgehead atoms. The van der Waals surface area contributed by atoms with E-state index in [0.717, 1.165) is 18.4 Å². The van der Waals surface area contributed by atoms with Gasteiger partial charge in [-0.05, 0) is 17.9 Å². The topological polar surface area (TPSA) is 26.3 Å². The second-order valence-electron chi connectivity index (χ2n) is 4.20. The third-order valence-electron chi connectivity index (χ3n) is 2.78. The predicted octanol–water partition coefficient (Wildman–Crippen LogP) is 3.56. The molecular formula is C14H20O2. The first-order chi connectivity index (χ1) is 7.72. The highest BCUT2D eigenvalue weighted by atomic mass is 16.5. The van der Waals surface area contributed by atoms with Crippen LogP contribution >= 0.6 is 0 Å². The molecular weight excluding hydrogens is 200 g/mol. The quantitative estimate of drug-likeness (QED) is 0.685. The van der Waals surface area contributed by atoms with E-state index in [9.17, 15) is 4.79 Å². The first-order valence-corrected chi connectivity index (χ1v) is 5.92. The molecule has 2 heteroatoms. The van der Waals surface area contributed by atoms with Crippen LogP contribution in [0.4, 0.5) is 0 Å². The number of ether oxygens (including phenoxy) is 1. The molecule has 0 saturated carbocycles. The molecule has 1 aromatic rings. The average Bonchev–Trinajstić information content (AvgIpc) is 2.34. The summed E-state index contributed by atoms with van der Waals surface area (Å²) in [4.78, 5) is 11.4. The van der Waals surface area contributed by atoms with Gasteiger partial charge in [-0.25, -0.2) is 0 Å². The number of hydrogen-bond donors (Lipinski definition) is 0. The molecule has 0 aliphatic heterocycles. The molecule has 0 N–H and O–H groups in total. The summed E-state index contributed by atoms with van der Waals surface area (Å²) >= 11 is 0. The van der Waals surface area contributed by atoms with E-state index < -0.39 is 0 Å². The maximum Gasteiger partial charge on any atom is 0.306 e. The van der Waals surface area contributed by atoms with Crippen LogP contribution in [0.3, 0.4) is 0 Å². The van der Waals surface area contributed by atoms with Gasteiger partial charge in [-0.15, -0.1) is 0 Å². The lowest BCUT2D eigenvalue weighted by atomic mass is 10.0. The Morgan fingerprint density at radius 3 is 2.62 bits per heavy atom. The third kappa shape index (κ3) is 4.96. The minimum atomic E-state index is -0.0934. The molecule has 0 aromatic heterocycles. The molecule has 0 saturated heterocycles. The first kappa shape index (κ1) is 12.8. The Kier molecular flexibility index (Phi) is 5.62. The van der Waals surface area contributed by atoms with Crippen LogP contribution in [0.15, 0.2) is 30.3 Å². The van der Waals surface area contributed by atoms with Crippen LogP contribution in [0.1, 0.15) is 38.7 Å². The van der Waals surface area contributed by atoms with Crippen LogP contribution in [0.5, 0.6) is 0 Å². The fourth-order valence-corrected chi connectivity index (χ4v) is 1.38. The zero-order valence-electron chi connectivity index (χ0n) is 10.1. The van der Waals surface area contributed by atoms with E-state index in [2.05, 4.69) is 13.8 Å². The summed E-state index contributed by atoms with van der Waals surface area (Å²) < 4.78 is 5.18. The Morgan fingerprint density at radius 1 is 1.31 bits per heavy atom. The molecule has 0 amide bonds. The molecule has 0 radical (unpaired) electrons. The Balaban J connectivity index is 2.20. The van der Waals surface area contributed by atoms with Crippen molar-refractivity contribution in [3.63, 3.8) is 0 Å². The number of hydrogen-bond acceptors (Lipinski definition) is 2. The van der Waals surface area contributed by atoms with Crippen LogP contribution in [0, 0.1) is 5.92 Å². The lowest BCUT2D eigenvalue weighted by molar-refractivity contribution is -0.145. The van der Waals surface area contributed by atoms with Crippen molar-refractivity contribution >= 4 is 5.97 Å². The Labute approximate surface area is 97.6 Å². The van der Waals surface area contributed by atoms with Gasteiger partial charge in [0.1, 0.15) is 6.61 Å². The van der Waals surface area contributed by atoms with E-state index in [1.807, 2.05) is 30.3 Å². The van der Waals surface area contributed by atoms with Crippen LogP contribution < -0.4 is 0 Å². The SMILES string of the molecule is CCC(C)CCC(=O)OCc1ccccc1. The van der Waals surface area contributed by atoms with E-state index in [1.54, 1.807) is 0 Å². The molecule has 88 valence electrons. The number of esters is 1. The van der Waals surface area contributed by atoms with Crippen molar-refractivity contribution in [2.45, 2.75) is 39.7 Å². The summed E-state index contributed by atoms with van der Waals surface area (Å²) in [5.41, 5.74) is 1.04. The molecule has 0 aliphatic carbocycles. The van der Waals surface area contributed by atoms with Crippen LogP contribution in [0.2, 0.25) is 0 Å². The first-order valence-electron chi connectivity index (χ1n) is 5.92. The van der Waals surface area contributed by atoms with Crippen molar-refractivity contribution in [2.24, 2.45) is 5.92 Å². The number of carbonyl (C=O) groups excluding carboxylic acids is 1. The van der Waals surface area contributed by atoms with Gasteiger partial charge in [-0.3, -0.25) is 4.79 Å². The second-order valence-corrected chi connectivity index (χ2v) is 4.20. The van der Waals surface area contributed by atoms with Gasteiger partial charge in [0, 0.05) is 6.42 Å². The number of carbonyl (C=O) groups is 1. The molecule has 0 spiro atoms.